The van der Waals surface area contributed by atoms with Crippen molar-refractivity contribution in [3.05, 3.63) is 51.8 Å². The molecule has 1 aromatic heterocycles. The van der Waals surface area contributed by atoms with Crippen LogP contribution in [0.2, 0.25) is 0 Å². The van der Waals surface area contributed by atoms with Gasteiger partial charge in [-0.1, -0.05) is 24.1 Å². The van der Waals surface area contributed by atoms with Crippen LogP contribution in [0.3, 0.4) is 0 Å². The van der Waals surface area contributed by atoms with Crippen LogP contribution in [0.15, 0.2) is 30.6 Å². The summed E-state index contributed by atoms with van der Waals surface area (Å²) in [5, 5.41) is 11.5. The number of hydrazine groups is 1. The van der Waals surface area contributed by atoms with Crippen molar-refractivity contribution in [2.75, 3.05) is 5.43 Å². The molecule has 0 atom stereocenters. The van der Waals surface area contributed by atoms with Crippen LogP contribution in [0.1, 0.15) is 48.0 Å². The molecule has 1 heterocycles. The second kappa shape index (κ2) is 8.43. The lowest BCUT2D eigenvalue weighted by molar-refractivity contribution is -0.385. The minimum atomic E-state index is -0.613. The number of hydrogen-bond donors (Lipinski definition) is 2. The van der Waals surface area contributed by atoms with E-state index in [1.807, 2.05) is 6.92 Å². The first-order valence-electron chi connectivity index (χ1n) is 8.83. The maximum absolute atomic E-state index is 12.2. The molecule has 1 aromatic carbocycles. The zero-order chi connectivity index (χ0) is 19.2. The highest BCUT2D eigenvalue weighted by atomic mass is 16.6. The topological polar surface area (TPSA) is 119 Å². The molecule has 1 saturated carbocycles. The van der Waals surface area contributed by atoms with Crippen molar-refractivity contribution in [1.29, 1.82) is 0 Å². The SMILES string of the molecule is Cc1ccc(C(=O)NNc2ncnc(OC3CCCCC3)c2[N+](=O)[O-])cc1. The average molecular weight is 371 g/mol. The summed E-state index contributed by atoms with van der Waals surface area (Å²) in [5.74, 6) is -0.645. The number of ether oxygens (including phenoxy) is 1. The van der Waals surface area contributed by atoms with Crippen molar-refractivity contribution in [2.24, 2.45) is 0 Å². The third-order valence-corrected chi connectivity index (χ3v) is 4.41. The summed E-state index contributed by atoms with van der Waals surface area (Å²) in [5.41, 5.74) is 5.98. The van der Waals surface area contributed by atoms with Gasteiger partial charge >= 0.3 is 5.69 Å². The number of amides is 1. The fourth-order valence-corrected chi connectivity index (χ4v) is 2.94. The Balaban J connectivity index is 1.74. The second-order valence-electron chi connectivity index (χ2n) is 6.46. The molecular weight excluding hydrogens is 350 g/mol. The van der Waals surface area contributed by atoms with Crippen LogP contribution in [-0.4, -0.2) is 26.9 Å². The second-order valence-corrected chi connectivity index (χ2v) is 6.46. The quantitative estimate of drug-likeness (QED) is 0.591. The van der Waals surface area contributed by atoms with Crippen LogP contribution in [0.5, 0.6) is 5.88 Å². The van der Waals surface area contributed by atoms with E-state index in [1.54, 1.807) is 24.3 Å². The Labute approximate surface area is 156 Å². The largest absolute Gasteiger partial charge is 0.469 e. The molecule has 9 nitrogen and oxygen atoms in total. The number of nitrogens with one attached hydrogen (secondary N) is 2. The highest BCUT2D eigenvalue weighted by Gasteiger charge is 2.27. The Morgan fingerprint density at radius 1 is 1.19 bits per heavy atom. The van der Waals surface area contributed by atoms with Crippen molar-refractivity contribution in [3.8, 4) is 5.88 Å². The van der Waals surface area contributed by atoms with E-state index in [1.165, 1.54) is 6.33 Å². The fourth-order valence-electron chi connectivity index (χ4n) is 2.94. The van der Waals surface area contributed by atoms with Crippen molar-refractivity contribution in [3.63, 3.8) is 0 Å². The van der Waals surface area contributed by atoms with Gasteiger partial charge in [-0.15, -0.1) is 0 Å². The van der Waals surface area contributed by atoms with E-state index in [-0.39, 0.29) is 17.8 Å². The molecule has 0 bridgehead atoms. The van der Waals surface area contributed by atoms with Gasteiger partial charge in [-0.2, -0.15) is 4.98 Å². The molecule has 1 amide bonds. The van der Waals surface area contributed by atoms with Crippen molar-refractivity contribution >= 4 is 17.4 Å². The van der Waals surface area contributed by atoms with Crippen LogP contribution in [-0.2, 0) is 0 Å². The predicted molar refractivity (Wildman–Crippen MR) is 98.5 cm³/mol. The number of aryl methyl sites for hydroxylation is 1. The van der Waals surface area contributed by atoms with E-state index in [9.17, 15) is 14.9 Å². The Morgan fingerprint density at radius 3 is 2.56 bits per heavy atom. The first kappa shape index (κ1) is 18.6. The van der Waals surface area contributed by atoms with Gasteiger partial charge in [-0.3, -0.25) is 25.8 Å². The van der Waals surface area contributed by atoms with Gasteiger partial charge in [-0.25, -0.2) is 4.98 Å². The summed E-state index contributed by atoms with van der Waals surface area (Å²) in [6, 6.07) is 6.94. The molecule has 9 heteroatoms. The zero-order valence-corrected chi connectivity index (χ0v) is 15.0. The summed E-state index contributed by atoms with van der Waals surface area (Å²) in [7, 11) is 0. The number of benzene rings is 1. The Hall–Kier alpha value is -3.23. The Kier molecular flexibility index (Phi) is 5.80. The molecule has 0 spiro atoms. The van der Waals surface area contributed by atoms with Crippen LogP contribution in [0.4, 0.5) is 11.5 Å². The number of nitrogens with zero attached hydrogens (tertiary/aromatic N) is 3. The normalized spacial score (nSPS) is 14.4. The van der Waals surface area contributed by atoms with Crippen molar-refractivity contribution in [2.45, 2.75) is 45.1 Å². The summed E-state index contributed by atoms with van der Waals surface area (Å²) in [6.07, 6.45) is 5.96. The lowest BCUT2D eigenvalue weighted by Crippen LogP contribution is -2.30. The summed E-state index contributed by atoms with van der Waals surface area (Å²) >= 11 is 0. The summed E-state index contributed by atoms with van der Waals surface area (Å²) < 4.78 is 5.75. The maximum Gasteiger partial charge on any atom is 0.374 e. The number of aromatic nitrogens is 2. The van der Waals surface area contributed by atoms with Gasteiger partial charge < -0.3 is 4.74 Å². The third kappa shape index (κ3) is 4.69. The van der Waals surface area contributed by atoms with E-state index in [0.717, 1.165) is 37.7 Å². The lowest BCUT2D eigenvalue weighted by atomic mass is 9.98. The van der Waals surface area contributed by atoms with Gasteiger partial charge in [0.05, 0.1) is 4.92 Å². The molecule has 1 aliphatic rings. The molecule has 142 valence electrons. The minimum Gasteiger partial charge on any atom is -0.469 e. The molecule has 0 radical (unpaired) electrons. The summed E-state index contributed by atoms with van der Waals surface area (Å²) in [4.78, 5) is 30.9. The smallest absolute Gasteiger partial charge is 0.374 e. The molecule has 1 fully saturated rings. The van der Waals surface area contributed by atoms with Crippen molar-refractivity contribution in [1.82, 2.24) is 15.4 Å². The highest BCUT2D eigenvalue weighted by molar-refractivity contribution is 5.95. The molecule has 0 aliphatic heterocycles. The van der Waals surface area contributed by atoms with Gasteiger partial charge in [0.1, 0.15) is 12.4 Å². The van der Waals surface area contributed by atoms with E-state index >= 15 is 0 Å². The average Bonchev–Trinajstić information content (AvgIpc) is 2.67. The van der Waals surface area contributed by atoms with E-state index in [0.29, 0.717) is 5.56 Å². The maximum atomic E-state index is 12.2. The van der Waals surface area contributed by atoms with Crippen LogP contribution >= 0.6 is 0 Å². The molecule has 2 N–H and O–H groups in total. The van der Waals surface area contributed by atoms with E-state index in [2.05, 4.69) is 20.8 Å². The monoisotopic (exact) mass is 371 g/mol. The number of anilines is 1. The number of rotatable bonds is 6. The predicted octanol–water partition coefficient (Wildman–Crippen LogP) is 3.16. The molecule has 0 unspecified atom stereocenters. The molecule has 3 rings (SSSR count). The van der Waals surface area contributed by atoms with Crippen LogP contribution < -0.4 is 15.6 Å². The first-order chi connectivity index (χ1) is 13.0. The molecule has 0 saturated heterocycles. The van der Waals surface area contributed by atoms with E-state index in [4.69, 9.17) is 4.74 Å². The van der Waals surface area contributed by atoms with Gasteiger partial charge in [0.2, 0.25) is 5.82 Å². The first-order valence-corrected chi connectivity index (χ1v) is 8.83. The fraction of sp³-hybridized carbons (Fsp3) is 0.389. The minimum absolute atomic E-state index is 0.0889. The van der Waals surface area contributed by atoms with Crippen LogP contribution in [0, 0.1) is 17.0 Å². The third-order valence-electron chi connectivity index (χ3n) is 4.41. The number of nitro groups is 1. The van der Waals surface area contributed by atoms with Gasteiger partial charge in [0.25, 0.3) is 11.8 Å². The van der Waals surface area contributed by atoms with Crippen molar-refractivity contribution < 1.29 is 14.5 Å². The van der Waals surface area contributed by atoms with Crippen LogP contribution in [0.25, 0.3) is 0 Å². The standard InChI is InChI=1S/C18H21N5O4/c1-12-7-9-13(10-8-12)17(24)22-21-16-15(23(25)26)18(20-11-19-16)27-14-5-3-2-4-6-14/h7-11,14H,2-6H2,1H3,(H,22,24)(H,19,20,21). The summed E-state index contributed by atoms with van der Waals surface area (Å²) in [6.45, 7) is 1.91. The van der Waals surface area contributed by atoms with E-state index < -0.39 is 16.5 Å². The van der Waals surface area contributed by atoms with Gasteiger partial charge in [0.15, 0.2) is 0 Å². The molecule has 2 aromatic rings. The number of carbonyl (C=O) groups is 1. The van der Waals surface area contributed by atoms with Gasteiger partial charge in [-0.05, 0) is 44.7 Å². The Morgan fingerprint density at radius 2 is 1.89 bits per heavy atom. The Bertz CT molecular complexity index is 819. The number of hydrogen-bond acceptors (Lipinski definition) is 7. The lowest BCUT2D eigenvalue weighted by Gasteiger charge is -2.22. The molecule has 27 heavy (non-hydrogen) atoms. The number of carbonyl (C=O) groups excluding carboxylic acids is 1. The zero-order valence-electron chi connectivity index (χ0n) is 15.0. The highest BCUT2D eigenvalue weighted by Crippen LogP contribution is 2.33. The van der Waals surface area contributed by atoms with Gasteiger partial charge in [0, 0.05) is 5.56 Å². The molecule has 1 aliphatic carbocycles. The molecular formula is C18H21N5O4.